The molecule has 2 unspecified atom stereocenters. The molecule has 0 aliphatic carbocycles. The fraction of sp³-hybridized carbons (Fsp3) is 0.385. The van der Waals surface area contributed by atoms with Crippen molar-refractivity contribution >= 4 is 5.69 Å². The van der Waals surface area contributed by atoms with Crippen molar-refractivity contribution in [3.05, 3.63) is 51.6 Å². The maximum atomic E-state index is 11.0. The highest BCUT2D eigenvalue weighted by molar-refractivity contribution is 5.43. The number of nitrogens with one attached hydrogen (secondary N) is 2. The molecule has 7 nitrogen and oxygen atoms in total. The normalized spacial score (nSPS) is 13.9. The minimum atomic E-state index is -0.356. The van der Waals surface area contributed by atoms with Crippen LogP contribution in [0, 0.1) is 17.0 Å². The Bertz CT molecular complexity index is 597. The van der Waals surface area contributed by atoms with E-state index in [1.165, 1.54) is 6.33 Å². The summed E-state index contributed by atoms with van der Waals surface area (Å²) in [6.07, 6.45) is 1.45. The first-order chi connectivity index (χ1) is 9.49. The molecule has 2 aromatic rings. The van der Waals surface area contributed by atoms with Gasteiger partial charge in [0.05, 0.1) is 11.0 Å². The minimum absolute atomic E-state index is 0.0205. The first-order valence-electron chi connectivity index (χ1n) is 6.35. The number of nitro benzene ring substituents is 1. The van der Waals surface area contributed by atoms with Crippen LogP contribution in [0.4, 0.5) is 5.69 Å². The lowest BCUT2D eigenvalue weighted by Crippen LogP contribution is -2.23. The number of aromatic amines is 1. The first kappa shape index (κ1) is 14.1. The molecule has 2 atom stereocenters. The molecular weight excluding hydrogens is 258 g/mol. The molecule has 0 aliphatic rings. The second kappa shape index (κ2) is 5.79. The van der Waals surface area contributed by atoms with Gasteiger partial charge in [-0.15, -0.1) is 0 Å². The number of H-pyrrole nitrogens is 1. The molecule has 0 amide bonds. The molecule has 0 fully saturated rings. The Labute approximate surface area is 116 Å². The van der Waals surface area contributed by atoms with Crippen LogP contribution in [0.15, 0.2) is 24.5 Å². The van der Waals surface area contributed by atoms with Gasteiger partial charge < -0.3 is 5.32 Å². The second-order valence-electron chi connectivity index (χ2n) is 4.78. The number of hydrogen-bond donors (Lipinski definition) is 2. The number of aryl methyl sites for hydroxylation is 1. The molecule has 0 bridgehead atoms. The third kappa shape index (κ3) is 3.00. The maximum absolute atomic E-state index is 11.0. The van der Waals surface area contributed by atoms with E-state index in [1.807, 2.05) is 19.9 Å². The van der Waals surface area contributed by atoms with E-state index in [2.05, 4.69) is 20.5 Å². The molecule has 0 saturated carbocycles. The van der Waals surface area contributed by atoms with Gasteiger partial charge in [0.25, 0.3) is 5.69 Å². The minimum Gasteiger partial charge on any atom is -0.301 e. The summed E-state index contributed by atoms with van der Waals surface area (Å²) in [4.78, 5) is 14.7. The number of nitro groups is 1. The summed E-state index contributed by atoms with van der Waals surface area (Å²) in [6, 6.07) is 5.22. The van der Waals surface area contributed by atoms with E-state index >= 15 is 0 Å². The summed E-state index contributed by atoms with van der Waals surface area (Å²) in [5, 5.41) is 20.9. The molecule has 1 aromatic heterocycles. The maximum Gasteiger partial charge on any atom is 0.272 e. The quantitative estimate of drug-likeness (QED) is 0.645. The fourth-order valence-electron chi connectivity index (χ4n) is 2.07. The molecule has 7 heteroatoms. The SMILES string of the molecule is Cc1ccc(C(C)NC(C)c2ncn[nH]2)cc1[N+](=O)[O-]. The van der Waals surface area contributed by atoms with Crippen LogP contribution < -0.4 is 5.32 Å². The van der Waals surface area contributed by atoms with Gasteiger partial charge in [-0.3, -0.25) is 15.2 Å². The number of hydrogen-bond acceptors (Lipinski definition) is 5. The average Bonchev–Trinajstić information content (AvgIpc) is 2.92. The lowest BCUT2D eigenvalue weighted by atomic mass is 10.0. The predicted molar refractivity (Wildman–Crippen MR) is 74.2 cm³/mol. The van der Waals surface area contributed by atoms with Crippen molar-refractivity contribution in [3.63, 3.8) is 0 Å². The Balaban J connectivity index is 2.15. The zero-order valence-corrected chi connectivity index (χ0v) is 11.6. The lowest BCUT2D eigenvalue weighted by molar-refractivity contribution is -0.385. The molecule has 20 heavy (non-hydrogen) atoms. The van der Waals surface area contributed by atoms with Gasteiger partial charge in [-0.25, -0.2) is 4.98 Å². The third-order valence-corrected chi connectivity index (χ3v) is 3.27. The van der Waals surface area contributed by atoms with Crippen LogP contribution in [0.1, 0.15) is 42.9 Å². The van der Waals surface area contributed by atoms with E-state index < -0.39 is 0 Å². The van der Waals surface area contributed by atoms with Crippen molar-refractivity contribution in [2.24, 2.45) is 0 Å². The second-order valence-corrected chi connectivity index (χ2v) is 4.78. The number of rotatable bonds is 5. The van der Waals surface area contributed by atoms with Crippen molar-refractivity contribution in [1.82, 2.24) is 20.5 Å². The Morgan fingerprint density at radius 2 is 2.10 bits per heavy atom. The van der Waals surface area contributed by atoms with Crippen LogP contribution in [0.5, 0.6) is 0 Å². The molecule has 106 valence electrons. The lowest BCUT2D eigenvalue weighted by Gasteiger charge is -2.18. The highest BCUT2D eigenvalue weighted by Gasteiger charge is 2.17. The van der Waals surface area contributed by atoms with E-state index in [0.717, 1.165) is 11.4 Å². The summed E-state index contributed by atoms with van der Waals surface area (Å²) >= 11 is 0. The highest BCUT2D eigenvalue weighted by Crippen LogP contribution is 2.24. The molecule has 2 N–H and O–H groups in total. The molecule has 0 saturated heterocycles. The van der Waals surface area contributed by atoms with Gasteiger partial charge in [0.1, 0.15) is 12.2 Å². The van der Waals surface area contributed by atoms with Crippen molar-refractivity contribution in [3.8, 4) is 0 Å². The predicted octanol–water partition coefficient (Wildman–Crippen LogP) is 2.43. The zero-order chi connectivity index (χ0) is 14.7. The summed E-state index contributed by atoms with van der Waals surface area (Å²) in [5.41, 5.74) is 1.67. The number of aromatic nitrogens is 3. The number of benzene rings is 1. The van der Waals surface area contributed by atoms with Crippen molar-refractivity contribution in [2.45, 2.75) is 32.9 Å². The fourth-order valence-corrected chi connectivity index (χ4v) is 2.07. The van der Waals surface area contributed by atoms with Crippen molar-refractivity contribution < 1.29 is 4.92 Å². The standard InChI is InChI=1S/C13H17N5O2/c1-8-4-5-11(6-12(8)18(19)20)9(2)16-10(3)13-14-7-15-17-13/h4-7,9-10,16H,1-3H3,(H,14,15,17). The summed E-state index contributed by atoms with van der Waals surface area (Å²) in [7, 11) is 0. The van der Waals surface area contributed by atoms with Gasteiger partial charge in [0.2, 0.25) is 0 Å². The van der Waals surface area contributed by atoms with Crippen LogP contribution in [-0.4, -0.2) is 20.1 Å². The number of nitrogens with zero attached hydrogens (tertiary/aromatic N) is 3. The van der Waals surface area contributed by atoms with Crippen LogP contribution in [0.3, 0.4) is 0 Å². The van der Waals surface area contributed by atoms with Crippen LogP contribution in [0.2, 0.25) is 0 Å². The van der Waals surface area contributed by atoms with Gasteiger partial charge in [0.15, 0.2) is 0 Å². The van der Waals surface area contributed by atoms with Crippen LogP contribution in [0.25, 0.3) is 0 Å². The Hall–Kier alpha value is -2.28. The summed E-state index contributed by atoms with van der Waals surface area (Å²) < 4.78 is 0. The van der Waals surface area contributed by atoms with Gasteiger partial charge in [-0.05, 0) is 26.3 Å². The molecule has 1 aromatic carbocycles. The van der Waals surface area contributed by atoms with Gasteiger partial charge >= 0.3 is 0 Å². The molecular formula is C13H17N5O2. The van der Waals surface area contributed by atoms with Gasteiger partial charge in [0, 0.05) is 17.7 Å². The monoisotopic (exact) mass is 275 g/mol. The third-order valence-electron chi connectivity index (χ3n) is 3.27. The van der Waals surface area contributed by atoms with E-state index in [9.17, 15) is 10.1 Å². The largest absolute Gasteiger partial charge is 0.301 e. The van der Waals surface area contributed by atoms with Gasteiger partial charge in [-0.1, -0.05) is 12.1 Å². The zero-order valence-electron chi connectivity index (χ0n) is 11.6. The highest BCUT2D eigenvalue weighted by atomic mass is 16.6. The van der Waals surface area contributed by atoms with E-state index in [0.29, 0.717) is 5.56 Å². The topological polar surface area (TPSA) is 96.7 Å². The molecule has 1 heterocycles. The van der Waals surface area contributed by atoms with Crippen molar-refractivity contribution in [2.75, 3.05) is 0 Å². The van der Waals surface area contributed by atoms with Gasteiger partial charge in [-0.2, -0.15) is 5.10 Å². The Morgan fingerprint density at radius 1 is 1.35 bits per heavy atom. The molecule has 2 rings (SSSR count). The summed E-state index contributed by atoms with van der Waals surface area (Å²) in [6.45, 7) is 5.65. The summed E-state index contributed by atoms with van der Waals surface area (Å²) in [5.74, 6) is 0.735. The van der Waals surface area contributed by atoms with E-state index in [4.69, 9.17) is 0 Å². The van der Waals surface area contributed by atoms with Crippen LogP contribution in [-0.2, 0) is 0 Å². The molecule has 0 aliphatic heterocycles. The van der Waals surface area contributed by atoms with E-state index in [-0.39, 0.29) is 22.7 Å². The molecule has 0 spiro atoms. The van der Waals surface area contributed by atoms with Crippen LogP contribution >= 0.6 is 0 Å². The smallest absolute Gasteiger partial charge is 0.272 e. The molecule has 0 radical (unpaired) electrons. The van der Waals surface area contributed by atoms with Crippen molar-refractivity contribution in [1.29, 1.82) is 0 Å². The van der Waals surface area contributed by atoms with E-state index in [1.54, 1.807) is 19.1 Å². The first-order valence-corrected chi connectivity index (χ1v) is 6.35. The average molecular weight is 275 g/mol. The Morgan fingerprint density at radius 3 is 2.70 bits per heavy atom. The Kier molecular flexibility index (Phi) is 4.09.